The number of aromatic nitrogens is 1. The molecule has 1 aliphatic heterocycles. The van der Waals surface area contributed by atoms with Crippen LogP contribution >= 0.6 is 0 Å². The fourth-order valence-electron chi connectivity index (χ4n) is 4.43. The van der Waals surface area contributed by atoms with Crippen molar-refractivity contribution >= 4 is 24.9 Å². The molecule has 5 N–H and O–H groups in total. The summed E-state index contributed by atoms with van der Waals surface area (Å²) >= 11 is 0. The van der Waals surface area contributed by atoms with E-state index in [1.165, 1.54) is 0 Å². The third kappa shape index (κ3) is 5.89. The summed E-state index contributed by atoms with van der Waals surface area (Å²) in [6.07, 6.45) is 4.22. The van der Waals surface area contributed by atoms with Gasteiger partial charge < -0.3 is 25.9 Å². The number of nitrogens with two attached hydrogens (primary N) is 2. The Hall–Kier alpha value is -4.53. The number of aliphatic imine (C=N–C) groups is 1. The fourth-order valence-corrected chi connectivity index (χ4v) is 4.43. The fraction of sp³-hybridized carbons (Fsp3) is 0.138. The Morgan fingerprint density at radius 2 is 1.42 bits per heavy atom. The van der Waals surface area contributed by atoms with E-state index in [1.54, 1.807) is 14.2 Å². The molecule has 1 aromatic heterocycles. The summed E-state index contributed by atoms with van der Waals surface area (Å²) in [5.74, 6) is 1.59. The summed E-state index contributed by atoms with van der Waals surface area (Å²) in [5, 5.41) is 0. The predicted molar refractivity (Wildman–Crippen MR) is 150 cm³/mol. The number of hydrogen-bond donors (Lipinski definition) is 3. The summed E-state index contributed by atoms with van der Waals surface area (Å²) in [6, 6.07) is 25.9. The van der Waals surface area contributed by atoms with E-state index in [0.29, 0.717) is 11.4 Å². The van der Waals surface area contributed by atoms with Gasteiger partial charge in [0.2, 0.25) is 0 Å². The van der Waals surface area contributed by atoms with Gasteiger partial charge in [0.15, 0.2) is 0 Å². The van der Waals surface area contributed by atoms with E-state index in [1.807, 2.05) is 66.7 Å². The first-order valence-electron chi connectivity index (χ1n) is 11.9. The zero-order chi connectivity index (χ0) is 27.1. The van der Waals surface area contributed by atoms with Crippen LogP contribution < -0.4 is 20.9 Å². The van der Waals surface area contributed by atoms with E-state index in [9.17, 15) is 8.63 Å². The molecule has 0 amide bonds. The Kier molecular flexibility index (Phi) is 8.48. The largest absolute Gasteiger partial charge is 0.577 e. The van der Waals surface area contributed by atoms with Gasteiger partial charge in [0.1, 0.15) is 11.5 Å². The van der Waals surface area contributed by atoms with E-state index in [-0.39, 0.29) is 12.0 Å². The first-order chi connectivity index (χ1) is 18.5. The minimum atomic E-state index is -1.00. The van der Waals surface area contributed by atoms with Gasteiger partial charge in [0, 0.05) is 11.4 Å². The molecule has 1 aliphatic rings. The van der Waals surface area contributed by atoms with Crippen molar-refractivity contribution in [3.05, 3.63) is 108 Å². The van der Waals surface area contributed by atoms with Gasteiger partial charge in [0.05, 0.1) is 43.3 Å². The van der Waals surface area contributed by atoms with E-state index >= 15 is 0 Å². The molecule has 6 nitrogen and oxygen atoms in total. The number of H-pyrrole nitrogens is 1. The van der Waals surface area contributed by atoms with Crippen molar-refractivity contribution in [2.75, 3.05) is 25.7 Å². The minimum absolute atomic E-state index is 0.0584. The highest BCUT2D eigenvalue weighted by Crippen LogP contribution is 2.36. The number of anilines is 2. The first-order valence-corrected chi connectivity index (χ1v) is 11.9. The number of halogens is 2. The van der Waals surface area contributed by atoms with Gasteiger partial charge in [-0.15, -0.1) is 0 Å². The number of hydrogen-bond acceptors (Lipinski definition) is 5. The van der Waals surface area contributed by atoms with Crippen LogP contribution in [0.1, 0.15) is 22.7 Å². The van der Waals surface area contributed by atoms with Crippen molar-refractivity contribution in [1.29, 1.82) is 0 Å². The summed E-state index contributed by atoms with van der Waals surface area (Å²) in [5.41, 5.74) is 19.5. The topological polar surface area (TPSA) is 98.7 Å². The normalized spacial score (nSPS) is 14.7. The number of nitrogen functional groups attached to an aromatic ring is 2. The number of rotatable bonds is 7. The van der Waals surface area contributed by atoms with Gasteiger partial charge in [-0.1, -0.05) is 12.1 Å². The molecule has 2 heterocycles. The van der Waals surface area contributed by atoms with Crippen LogP contribution in [0, 0.1) is 0 Å². The molecular weight excluding hydrogens is 485 g/mol. The number of nitrogens with one attached hydrogen (secondary N) is 1. The molecule has 5 rings (SSSR count). The molecule has 4 aromatic rings. The van der Waals surface area contributed by atoms with Crippen molar-refractivity contribution < 1.29 is 18.1 Å². The standard InChI is InChI=1S/C29H28N4O2.BF2/c1-34-21-8-3-18(4-9-21)25-13-15-27(32-25)29(20-7-12-23(30)24(31)17-20)28-16-14-26(33-28)19-5-10-22(35-2)11-6-19;2-1-3/h3-17,27,29,33H,30-31H2,1-2H3;. The molecule has 2 atom stereocenters. The van der Waals surface area contributed by atoms with Gasteiger partial charge in [-0.3, -0.25) is 13.6 Å². The van der Waals surface area contributed by atoms with Crippen molar-refractivity contribution in [1.82, 2.24) is 4.98 Å². The highest BCUT2D eigenvalue weighted by Gasteiger charge is 2.28. The number of aromatic amines is 1. The zero-order valence-electron chi connectivity index (χ0n) is 21.1. The third-order valence-corrected chi connectivity index (χ3v) is 6.38. The number of ether oxygens (including phenoxy) is 2. The van der Waals surface area contributed by atoms with Crippen LogP contribution in [0.5, 0.6) is 11.5 Å². The number of nitrogens with zero attached hydrogens (tertiary/aromatic N) is 1. The molecule has 0 fully saturated rings. The van der Waals surface area contributed by atoms with Crippen LogP contribution in [0.25, 0.3) is 11.3 Å². The highest BCUT2D eigenvalue weighted by atomic mass is 19.2. The third-order valence-electron chi connectivity index (χ3n) is 6.38. The molecule has 193 valence electrons. The second-order valence-electron chi connectivity index (χ2n) is 8.60. The van der Waals surface area contributed by atoms with Crippen molar-refractivity contribution in [3.8, 4) is 22.8 Å². The SMILES string of the molecule is COc1ccc(C2=NC(C(c3ccc(N)c(N)c3)c3ccc(-c4ccc(OC)cc4)[nH]3)C=C2)cc1.F[B]F. The lowest BCUT2D eigenvalue weighted by molar-refractivity contribution is 0.414. The number of methoxy groups -OCH3 is 2. The lowest BCUT2D eigenvalue weighted by Gasteiger charge is -2.21. The highest BCUT2D eigenvalue weighted by molar-refractivity contribution is 6.15. The predicted octanol–water partition coefficient (Wildman–Crippen LogP) is 5.88. The molecule has 9 heteroatoms. The van der Waals surface area contributed by atoms with Crippen LogP contribution in [0.4, 0.5) is 20.0 Å². The molecule has 38 heavy (non-hydrogen) atoms. The zero-order valence-corrected chi connectivity index (χ0v) is 21.1. The quantitative estimate of drug-likeness (QED) is 0.212. The number of benzene rings is 3. The monoisotopic (exact) mass is 513 g/mol. The van der Waals surface area contributed by atoms with Crippen LogP contribution in [0.2, 0.25) is 0 Å². The molecule has 2 unspecified atom stereocenters. The van der Waals surface area contributed by atoms with E-state index in [2.05, 4.69) is 29.3 Å². The van der Waals surface area contributed by atoms with E-state index < -0.39 is 7.83 Å². The van der Waals surface area contributed by atoms with Gasteiger partial charge in [-0.05, 0) is 95.6 Å². The Bertz CT molecular complexity index is 1420. The summed E-state index contributed by atoms with van der Waals surface area (Å²) in [4.78, 5) is 8.69. The maximum Gasteiger partial charge on any atom is 0.577 e. The molecule has 0 spiro atoms. The van der Waals surface area contributed by atoms with Crippen LogP contribution in [-0.4, -0.2) is 38.8 Å². The van der Waals surface area contributed by atoms with Crippen molar-refractivity contribution in [2.45, 2.75) is 12.0 Å². The molecule has 0 aliphatic carbocycles. The molecule has 0 saturated carbocycles. The average Bonchev–Trinajstić information content (AvgIpc) is 3.63. The maximum atomic E-state index is 9.50. The molecule has 0 bridgehead atoms. The van der Waals surface area contributed by atoms with Crippen molar-refractivity contribution in [3.63, 3.8) is 0 Å². The second kappa shape index (κ2) is 12.1. The lowest BCUT2D eigenvalue weighted by atomic mass is 9.88. The Balaban J connectivity index is 0.00000107. The Morgan fingerprint density at radius 1 is 0.816 bits per heavy atom. The average molecular weight is 513 g/mol. The van der Waals surface area contributed by atoms with E-state index in [0.717, 1.165) is 45.3 Å². The molecule has 1 radical (unpaired) electrons. The second-order valence-corrected chi connectivity index (χ2v) is 8.60. The van der Waals surface area contributed by atoms with Gasteiger partial charge in [-0.2, -0.15) is 0 Å². The molecule has 3 aromatic carbocycles. The van der Waals surface area contributed by atoms with Crippen LogP contribution in [0.3, 0.4) is 0 Å². The Labute approximate surface area is 221 Å². The first kappa shape index (κ1) is 26.5. The lowest BCUT2D eigenvalue weighted by Crippen LogP contribution is -2.16. The van der Waals surface area contributed by atoms with Gasteiger partial charge in [-0.25, -0.2) is 0 Å². The molecule has 0 saturated heterocycles. The molecular formula is C29H28BF2N4O2. The summed E-state index contributed by atoms with van der Waals surface area (Å²) in [7, 11) is 2.33. The van der Waals surface area contributed by atoms with Gasteiger partial charge in [0.25, 0.3) is 0 Å². The van der Waals surface area contributed by atoms with Crippen LogP contribution in [0.15, 0.2) is 96.0 Å². The summed E-state index contributed by atoms with van der Waals surface area (Å²) in [6.45, 7) is 0. The van der Waals surface area contributed by atoms with Crippen molar-refractivity contribution in [2.24, 2.45) is 4.99 Å². The van der Waals surface area contributed by atoms with Crippen LogP contribution in [-0.2, 0) is 0 Å². The maximum absolute atomic E-state index is 9.50. The Morgan fingerprint density at radius 3 is 2.00 bits per heavy atom. The van der Waals surface area contributed by atoms with Gasteiger partial charge >= 0.3 is 7.83 Å². The smallest absolute Gasteiger partial charge is 0.497 e. The summed E-state index contributed by atoms with van der Waals surface area (Å²) < 4.78 is 29.6. The number of allylic oxidation sites excluding steroid dienone is 1. The minimum Gasteiger partial charge on any atom is -0.497 e. The van der Waals surface area contributed by atoms with E-state index in [4.69, 9.17) is 25.9 Å².